The third kappa shape index (κ3) is 3.13. The summed E-state index contributed by atoms with van der Waals surface area (Å²) in [4.78, 5) is 8.31. The quantitative estimate of drug-likeness (QED) is 0.495. The number of aliphatic hydroxyl groups excluding tert-OH is 2. The van der Waals surface area contributed by atoms with E-state index in [9.17, 15) is 19.0 Å². The van der Waals surface area contributed by atoms with Gasteiger partial charge in [0.25, 0.3) is 0 Å². The Hall–Kier alpha value is -2.82. The molecule has 164 valence electrons. The minimum Gasteiger partial charge on any atom is -0.487 e. The maximum absolute atomic E-state index is 14.2. The summed E-state index contributed by atoms with van der Waals surface area (Å²) in [6, 6.07) is 0.473. The molecule has 3 heterocycles. The molecule has 31 heavy (non-hydrogen) atoms. The Bertz CT molecular complexity index is 1170. The van der Waals surface area contributed by atoms with Crippen LogP contribution in [0, 0.1) is 18.6 Å². The molecule has 10 heteroatoms. The average Bonchev–Trinajstić information content (AvgIpc) is 3.24. The second kappa shape index (κ2) is 7.40. The van der Waals surface area contributed by atoms with Crippen molar-refractivity contribution in [3.8, 4) is 5.75 Å². The van der Waals surface area contributed by atoms with Crippen LogP contribution in [-0.2, 0) is 13.0 Å². The maximum Gasteiger partial charge on any atom is 0.162 e. The summed E-state index contributed by atoms with van der Waals surface area (Å²) in [5, 5.41) is 25.3. The Morgan fingerprint density at radius 1 is 1.23 bits per heavy atom. The zero-order valence-corrected chi connectivity index (χ0v) is 16.8. The highest BCUT2D eigenvalue weighted by atomic mass is 19.2. The third-order valence-corrected chi connectivity index (χ3v) is 6.31. The van der Waals surface area contributed by atoms with E-state index in [2.05, 4.69) is 15.3 Å². The highest BCUT2D eigenvalue weighted by molar-refractivity contribution is 5.89. The molecule has 5 rings (SSSR count). The first-order valence-corrected chi connectivity index (χ1v) is 10.2. The molecule has 0 amide bonds. The number of benzene rings is 1. The van der Waals surface area contributed by atoms with E-state index in [-0.39, 0.29) is 17.7 Å². The molecule has 1 fully saturated rings. The number of fused-ring (bicyclic) bond motifs is 2. The Morgan fingerprint density at radius 3 is 2.84 bits per heavy atom. The molecule has 8 nitrogen and oxygen atoms in total. The molecule has 2 aliphatic rings. The summed E-state index contributed by atoms with van der Waals surface area (Å²) in [6.07, 6.45) is 0.577. The molecule has 0 spiro atoms. The highest BCUT2D eigenvalue weighted by Crippen LogP contribution is 2.39. The van der Waals surface area contributed by atoms with Crippen LogP contribution in [0.25, 0.3) is 11.0 Å². The molecule has 0 saturated heterocycles. The normalized spacial score (nSPS) is 25.7. The molecule has 2 aromatic heterocycles. The lowest BCUT2D eigenvalue weighted by atomic mass is 9.99. The zero-order valence-electron chi connectivity index (χ0n) is 16.8. The minimum absolute atomic E-state index is 0.179. The van der Waals surface area contributed by atoms with Crippen molar-refractivity contribution in [3.63, 3.8) is 0 Å². The standard InChI is InChI=1S/C21H23F2N5O3/c1-9-7-28(21-16(9)20(24)26-8-27-21)13-5-15(19(30)18(13)29)31-14-4-12(22)17(23)10-2-3-25-6-11(10)14/h4,7-8,13,15,18-19,25,29-30H,2-3,5-6H2,1H3,(H2,24,26,27)/t13-,15+,18+,19-/m1/s1. The van der Waals surface area contributed by atoms with Crippen molar-refractivity contribution >= 4 is 16.9 Å². The number of hydrogen-bond acceptors (Lipinski definition) is 7. The van der Waals surface area contributed by atoms with Crippen LogP contribution in [0.3, 0.4) is 0 Å². The Labute approximate surface area is 176 Å². The predicted molar refractivity (Wildman–Crippen MR) is 109 cm³/mol. The van der Waals surface area contributed by atoms with Gasteiger partial charge in [0, 0.05) is 36.4 Å². The molecule has 1 aliphatic heterocycles. The minimum atomic E-state index is -1.22. The van der Waals surface area contributed by atoms with Crippen molar-refractivity contribution in [3.05, 3.63) is 46.9 Å². The maximum atomic E-state index is 14.2. The summed E-state index contributed by atoms with van der Waals surface area (Å²) in [7, 11) is 0. The van der Waals surface area contributed by atoms with E-state index < -0.39 is 36.0 Å². The number of nitrogens with two attached hydrogens (primary N) is 1. The topological polar surface area (TPSA) is 118 Å². The Kier molecular flexibility index (Phi) is 4.80. The van der Waals surface area contributed by atoms with Crippen molar-refractivity contribution in [2.45, 2.75) is 50.7 Å². The second-order valence-corrected chi connectivity index (χ2v) is 8.17. The summed E-state index contributed by atoms with van der Waals surface area (Å²) >= 11 is 0. The lowest BCUT2D eigenvalue weighted by molar-refractivity contribution is -0.0167. The van der Waals surface area contributed by atoms with Crippen molar-refractivity contribution < 1.29 is 23.7 Å². The zero-order chi connectivity index (χ0) is 21.9. The SMILES string of the molecule is Cc1cn([C@@H]2C[C@H](Oc3cc(F)c(F)c4c3CNCC4)[C@@H](O)[C@H]2O)c2ncnc(N)c12. The number of nitrogen functional groups attached to an aromatic ring is 1. The van der Waals surface area contributed by atoms with Crippen LogP contribution in [0.5, 0.6) is 5.75 Å². The largest absolute Gasteiger partial charge is 0.487 e. The van der Waals surface area contributed by atoms with Crippen molar-refractivity contribution in [2.75, 3.05) is 12.3 Å². The smallest absolute Gasteiger partial charge is 0.162 e. The number of aromatic nitrogens is 3. The summed E-state index contributed by atoms with van der Waals surface area (Å²) in [5.41, 5.74) is 8.21. The highest BCUT2D eigenvalue weighted by Gasteiger charge is 2.45. The second-order valence-electron chi connectivity index (χ2n) is 8.17. The predicted octanol–water partition coefficient (Wildman–Crippen LogP) is 1.36. The Morgan fingerprint density at radius 2 is 2.03 bits per heavy atom. The average molecular weight is 431 g/mol. The van der Waals surface area contributed by atoms with Crippen molar-refractivity contribution in [1.82, 2.24) is 19.9 Å². The number of aryl methyl sites for hydroxylation is 1. The van der Waals surface area contributed by atoms with Crippen LogP contribution in [0.2, 0.25) is 0 Å². The monoisotopic (exact) mass is 431 g/mol. The molecule has 3 aromatic rings. The first kappa shape index (κ1) is 20.1. The van der Waals surface area contributed by atoms with Gasteiger partial charge in [-0.05, 0) is 25.5 Å². The number of ether oxygens (including phenoxy) is 1. The van der Waals surface area contributed by atoms with E-state index in [0.717, 1.165) is 11.6 Å². The van der Waals surface area contributed by atoms with Gasteiger partial charge in [0.1, 0.15) is 41.9 Å². The summed E-state index contributed by atoms with van der Waals surface area (Å²) < 4.78 is 36.1. The van der Waals surface area contributed by atoms with E-state index in [1.807, 2.05) is 13.1 Å². The van der Waals surface area contributed by atoms with Crippen LogP contribution in [-0.4, -0.2) is 49.6 Å². The number of hydrogen-bond donors (Lipinski definition) is 4. The number of nitrogens with zero attached hydrogens (tertiary/aromatic N) is 3. The van der Waals surface area contributed by atoms with Gasteiger partial charge in [-0.25, -0.2) is 18.7 Å². The van der Waals surface area contributed by atoms with Gasteiger partial charge in [0.05, 0.1) is 11.4 Å². The third-order valence-electron chi connectivity index (χ3n) is 6.31. The van der Waals surface area contributed by atoms with E-state index in [1.165, 1.54) is 6.33 Å². The van der Waals surface area contributed by atoms with Crippen LogP contribution >= 0.6 is 0 Å². The lowest BCUT2D eigenvalue weighted by Crippen LogP contribution is -2.35. The van der Waals surface area contributed by atoms with Gasteiger partial charge in [0.15, 0.2) is 11.6 Å². The van der Waals surface area contributed by atoms with Crippen molar-refractivity contribution in [1.29, 1.82) is 0 Å². The van der Waals surface area contributed by atoms with Crippen molar-refractivity contribution in [2.24, 2.45) is 0 Å². The number of nitrogens with one attached hydrogen (secondary N) is 1. The van der Waals surface area contributed by atoms with E-state index in [1.54, 1.807) is 4.57 Å². The van der Waals surface area contributed by atoms with Crippen LogP contribution < -0.4 is 15.8 Å². The number of halogens is 2. The molecular weight excluding hydrogens is 408 g/mol. The number of aliphatic hydroxyl groups is 2. The first-order valence-electron chi connectivity index (χ1n) is 10.2. The fraction of sp³-hybridized carbons (Fsp3) is 0.429. The summed E-state index contributed by atoms with van der Waals surface area (Å²) in [5.74, 6) is -1.33. The van der Waals surface area contributed by atoms with Gasteiger partial charge in [-0.2, -0.15) is 0 Å². The van der Waals surface area contributed by atoms with Gasteiger partial charge < -0.3 is 30.6 Å². The summed E-state index contributed by atoms with van der Waals surface area (Å²) in [6.45, 7) is 2.75. The van der Waals surface area contributed by atoms with Crippen LogP contribution in [0.4, 0.5) is 14.6 Å². The molecule has 1 saturated carbocycles. The van der Waals surface area contributed by atoms with Gasteiger partial charge in [0.2, 0.25) is 0 Å². The van der Waals surface area contributed by atoms with E-state index >= 15 is 0 Å². The van der Waals surface area contributed by atoms with Crippen LogP contribution in [0.1, 0.15) is 29.2 Å². The van der Waals surface area contributed by atoms with Gasteiger partial charge in [-0.15, -0.1) is 0 Å². The lowest BCUT2D eigenvalue weighted by Gasteiger charge is -2.25. The van der Waals surface area contributed by atoms with Gasteiger partial charge in [-0.3, -0.25) is 0 Å². The fourth-order valence-corrected chi connectivity index (χ4v) is 4.75. The molecule has 0 radical (unpaired) electrons. The molecule has 1 aromatic carbocycles. The molecule has 0 bridgehead atoms. The number of rotatable bonds is 3. The van der Waals surface area contributed by atoms with Gasteiger partial charge >= 0.3 is 0 Å². The van der Waals surface area contributed by atoms with E-state index in [4.69, 9.17) is 10.5 Å². The molecule has 1 aliphatic carbocycles. The molecule has 0 unspecified atom stereocenters. The first-order chi connectivity index (χ1) is 14.9. The van der Waals surface area contributed by atoms with E-state index in [0.29, 0.717) is 41.9 Å². The molecular formula is C21H23F2N5O3. The van der Waals surface area contributed by atoms with Crippen LogP contribution in [0.15, 0.2) is 18.6 Å². The molecule has 4 atom stereocenters. The fourth-order valence-electron chi connectivity index (χ4n) is 4.75. The molecule has 5 N–H and O–H groups in total. The van der Waals surface area contributed by atoms with Gasteiger partial charge in [-0.1, -0.05) is 0 Å². The Balaban J connectivity index is 1.48. The number of anilines is 1.